The number of hydrogen-bond acceptors (Lipinski definition) is 3. The Labute approximate surface area is 77.3 Å². The Morgan fingerprint density at radius 3 is 2.54 bits per heavy atom. The average molecular weight is 179 g/mol. The van der Waals surface area contributed by atoms with Gasteiger partial charge in [0.05, 0.1) is 5.60 Å². The van der Waals surface area contributed by atoms with Crippen LogP contribution in [0.3, 0.4) is 0 Å². The first-order chi connectivity index (χ1) is 6.17. The van der Waals surface area contributed by atoms with Crippen molar-refractivity contribution in [2.24, 2.45) is 5.16 Å². The van der Waals surface area contributed by atoms with Crippen molar-refractivity contribution >= 4 is 6.21 Å². The van der Waals surface area contributed by atoms with Crippen LogP contribution < -0.4 is 0 Å². The lowest BCUT2D eigenvalue weighted by atomic mass is 9.93. The number of benzene rings is 1. The van der Waals surface area contributed by atoms with Crippen LogP contribution in [-0.4, -0.2) is 16.5 Å². The van der Waals surface area contributed by atoms with Gasteiger partial charge in [-0.2, -0.15) is 0 Å². The topological polar surface area (TPSA) is 52.8 Å². The van der Waals surface area contributed by atoms with Crippen molar-refractivity contribution in [3.63, 3.8) is 0 Å². The Kier molecular flexibility index (Phi) is 3.03. The number of aliphatic hydroxyl groups is 1. The summed E-state index contributed by atoms with van der Waals surface area (Å²) < 4.78 is 0. The zero-order valence-electron chi connectivity index (χ0n) is 7.51. The summed E-state index contributed by atoms with van der Waals surface area (Å²) >= 11 is 0. The lowest BCUT2D eigenvalue weighted by Crippen LogP contribution is -2.21. The molecule has 0 radical (unpaired) electrons. The van der Waals surface area contributed by atoms with Gasteiger partial charge in [0.2, 0.25) is 0 Å². The third kappa shape index (κ3) is 2.56. The summed E-state index contributed by atoms with van der Waals surface area (Å²) in [5, 5.41) is 21.0. The highest BCUT2D eigenvalue weighted by molar-refractivity contribution is 5.58. The molecule has 13 heavy (non-hydrogen) atoms. The van der Waals surface area contributed by atoms with Gasteiger partial charge in [-0.1, -0.05) is 30.3 Å². The maximum atomic E-state index is 9.91. The zero-order chi connectivity index (χ0) is 9.73. The maximum Gasteiger partial charge on any atom is 0.0919 e. The van der Waals surface area contributed by atoms with Gasteiger partial charge in [0.1, 0.15) is 0 Å². The predicted molar refractivity (Wildman–Crippen MR) is 50.9 cm³/mol. The molecule has 1 atom stereocenters. The Balaban J connectivity index is 2.81. The molecule has 0 aromatic heterocycles. The maximum absolute atomic E-state index is 9.91. The van der Waals surface area contributed by atoms with Crippen LogP contribution in [0.4, 0.5) is 0 Å². The van der Waals surface area contributed by atoms with E-state index < -0.39 is 5.60 Å². The SMILES string of the molecule is CC(O)(CC=NO)c1ccccc1. The fourth-order valence-electron chi connectivity index (χ4n) is 1.13. The number of rotatable bonds is 3. The van der Waals surface area contributed by atoms with E-state index in [-0.39, 0.29) is 0 Å². The number of nitrogens with zero attached hydrogens (tertiary/aromatic N) is 1. The van der Waals surface area contributed by atoms with Crippen LogP contribution in [0.5, 0.6) is 0 Å². The third-order valence-electron chi connectivity index (χ3n) is 1.97. The second-order valence-corrected chi connectivity index (χ2v) is 3.14. The molecule has 0 saturated carbocycles. The second-order valence-electron chi connectivity index (χ2n) is 3.14. The van der Waals surface area contributed by atoms with E-state index in [1.165, 1.54) is 6.21 Å². The van der Waals surface area contributed by atoms with Crippen molar-refractivity contribution in [2.45, 2.75) is 18.9 Å². The Morgan fingerprint density at radius 1 is 1.38 bits per heavy atom. The van der Waals surface area contributed by atoms with Crippen LogP contribution in [-0.2, 0) is 5.60 Å². The van der Waals surface area contributed by atoms with Gasteiger partial charge in [0.15, 0.2) is 0 Å². The van der Waals surface area contributed by atoms with Gasteiger partial charge in [-0.25, -0.2) is 0 Å². The van der Waals surface area contributed by atoms with Crippen molar-refractivity contribution < 1.29 is 10.3 Å². The van der Waals surface area contributed by atoms with Crippen LogP contribution in [0.1, 0.15) is 18.9 Å². The molecule has 2 N–H and O–H groups in total. The summed E-state index contributed by atoms with van der Waals surface area (Å²) in [6.45, 7) is 1.68. The van der Waals surface area contributed by atoms with Crippen LogP contribution >= 0.6 is 0 Å². The van der Waals surface area contributed by atoms with Gasteiger partial charge in [0, 0.05) is 12.6 Å². The highest BCUT2D eigenvalue weighted by Gasteiger charge is 2.20. The molecule has 0 aliphatic rings. The normalized spacial score (nSPS) is 15.8. The molecule has 0 heterocycles. The van der Waals surface area contributed by atoms with Gasteiger partial charge in [-0.15, -0.1) is 5.16 Å². The van der Waals surface area contributed by atoms with Crippen molar-refractivity contribution in [1.82, 2.24) is 0 Å². The smallest absolute Gasteiger partial charge is 0.0919 e. The summed E-state index contributed by atoms with van der Waals surface area (Å²) in [5.41, 5.74) is -0.150. The molecule has 1 aromatic carbocycles. The van der Waals surface area contributed by atoms with Crippen molar-refractivity contribution in [2.75, 3.05) is 0 Å². The van der Waals surface area contributed by atoms with E-state index in [0.29, 0.717) is 6.42 Å². The Morgan fingerprint density at radius 2 is 2.00 bits per heavy atom. The minimum absolute atomic E-state index is 0.299. The molecule has 0 saturated heterocycles. The largest absolute Gasteiger partial charge is 0.411 e. The highest BCUT2D eigenvalue weighted by Crippen LogP contribution is 2.22. The zero-order valence-corrected chi connectivity index (χ0v) is 7.51. The fourth-order valence-corrected chi connectivity index (χ4v) is 1.13. The Bertz CT molecular complexity index is 280. The summed E-state index contributed by atoms with van der Waals surface area (Å²) in [6, 6.07) is 9.29. The minimum Gasteiger partial charge on any atom is -0.411 e. The lowest BCUT2D eigenvalue weighted by molar-refractivity contribution is 0.0657. The standard InChI is InChI=1S/C10H13NO2/c1-10(12,7-8-11-13)9-5-3-2-4-6-9/h2-6,8,12-13H,7H2,1H3. The molecule has 0 bridgehead atoms. The average Bonchev–Trinajstić information content (AvgIpc) is 2.16. The van der Waals surface area contributed by atoms with Crippen molar-refractivity contribution in [3.05, 3.63) is 35.9 Å². The van der Waals surface area contributed by atoms with E-state index in [9.17, 15) is 5.11 Å². The molecule has 1 rings (SSSR count). The van der Waals surface area contributed by atoms with E-state index in [4.69, 9.17) is 5.21 Å². The van der Waals surface area contributed by atoms with E-state index >= 15 is 0 Å². The van der Waals surface area contributed by atoms with E-state index in [2.05, 4.69) is 5.16 Å². The van der Waals surface area contributed by atoms with Crippen LogP contribution in [0.25, 0.3) is 0 Å². The summed E-state index contributed by atoms with van der Waals surface area (Å²) in [6.07, 6.45) is 1.58. The fraction of sp³-hybridized carbons (Fsp3) is 0.300. The summed E-state index contributed by atoms with van der Waals surface area (Å²) in [4.78, 5) is 0. The number of oxime groups is 1. The third-order valence-corrected chi connectivity index (χ3v) is 1.97. The molecule has 0 amide bonds. The number of hydrogen-bond donors (Lipinski definition) is 2. The molecule has 1 unspecified atom stereocenters. The van der Waals surface area contributed by atoms with Gasteiger partial charge in [-0.05, 0) is 12.5 Å². The van der Waals surface area contributed by atoms with Crippen LogP contribution in [0.15, 0.2) is 35.5 Å². The molecule has 3 heteroatoms. The van der Waals surface area contributed by atoms with E-state index in [1.807, 2.05) is 30.3 Å². The van der Waals surface area contributed by atoms with E-state index in [0.717, 1.165) is 5.56 Å². The predicted octanol–water partition coefficient (Wildman–Crippen LogP) is 1.74. The van der Waals surface area contributed by atoms with Crippen molar-refractivity contribution in [3.8, 4) is 0 Å². The van der Waals surface area contributed by atoms with Crippen LogP contribution in [0.2, 0.25) is 0 Å². The van der Waals surface area contributed by atoms with E-state index in [1.54, 1.807) is 6.92 Å². The Hall–Kier alpha value is -1.35. The molecule has 1 aromatic rings. The van der Waals surface area contributed by atoms with Gasteiger partial charge in [0.25, 0.3) is 0 Å². The molecule has 70 valence electrons. The van der Waals surface area contributed by atoms with Gasteiger partial charge >= 0.3 is 0 Å². The van der Waals surface area contributed by atoms with Crippen LogP contribution in [0, 0.1) is 0 Å². The first-order valence-electron chi connectivity index (χ1n) is 4.10. The van der Waals surface area contributed by atoms with Crippen molar-refractivity contribution in [1.29, 1.82) is 0 Å². The molecule has 0 fully saturated rings. The molecule has 0 aliphatic carbocycles. The lowest BCUT2D eigenvalue weighted by Gasteiger charge is -2.21. The van der Waals surface area contributed by atoms with Gasteiger partial charge in [-0.3, -0.25) is 0 Å². The molecular formula is C10H13NO2. The first kappa shape index (κ1) is 9.74. The molecule has 0 spiro atoms. The second kappa shape index (κ2) is 4.05. The highest BCUT2D eigenvalue weighted by atomic mass is 16.4. The monoisotopic (exact) mass is 179 g/mol. The molecular weight excluding hydrogens is 166 g/mol. The summed E-state index contributed by atoms with van der Waals surface area (Å²) in [5.74, 6) is 0. The molecule has 3 nitrogen and oxygen atoms in total. The quantitative estimate of drug-likeness (QED) is 0.422. The van der Waals surface area contributed by atoms with Gasteiger partial charge < -0.3 is 10.3 Å². The summed E-state index contributed by atoms with van der Waals surface area (Å²) in [7, 11) is 0. The molecule has 0 aliphatic heterocycles. The first-order valence-corrected chi connectivity index (χ1v) is 4.10. The minimum atomic E-state index is -0.965.